The average molecular weight is 324 g/mol. The van der Waals surface area contributed by atoms with Crippen molar-refractivity contribution in [3.63, 3.8) is 0 Å². The number of aliphatic carboxylic acids is 1. The number of fused-ring (bicyclic) bond motifs is 3. The van der Waals surface area contributed by atoms with Crippen LogP contribution in [0, 0.1) is 5.92 Å². The zero-order valence-corrected chi connectivity index (χ0v) is 13.5. The number of aromatic amines is 1. The molecule has 1 aromatic heterocycles. The Labute approximate surface area is 139 Å². The molecule has 0 fully saturated rings. The van der Waals surface area contributed by atoms with Gasteiger partial charge in [-0.3, -0.25) is 9.59 Å². The number of carbonyl (C=O) groups excluding carboxylic acids is 1. The molecule has 5 heteroatoms. The predicted octanol–water partition coefficient (Wildman–Crippen LogP) is 3.55. The van der Waals surface area contributed by atoms with E-state index in [4.69, 9.17) is 5.11 Å². The number of H-pyrrole nitrogens is 1. The second-order valence-electron chi connectivity index (χ2n) is 5.96. The SMILES string of the molecule is CCCC(CNC(=O)c1cc2c(ccc3ccccc32)[nH]1)C(=O)O. The Morgan fingerprint density at radius 2 is 1.96 bits per heavy atom. The third-order valence-corrected chi connectivity index (χ3v) is 4.27. The number of carbonyl (C=O) groups is 2. The molecule has 5 nitrogen and oxygen atoms in total. The fraction of sp³-hybridized carbons (Fsp3) is 0.263. The van der Waals surface area contributed by atoms with E-state index < -0.39 is 11.9 Å². The summed E-state index contributed by atoms with van der Waals surface area (Å²) in [6.45, 7) is 2.07. The Morgan fingerprint density at radius 3 is 2.71 bits per heavy atom. The minimum Gasteiger partial charge on any atom is -0.481 e. The van der Waals surface area contributed by atoms with Gasteiger partial charge in [0.2, 0.25) is 0 Å². The number of amides is 1. The molecule has 124 valence electrons. The van der Waals surface area contributed by atoms with Crippen LogP contribution in [0.5, 0.6) is 0 Å². The van der Waals surface area contributed by atoms with E-state index in [0.717, 1.165) is 28.1 Å². The van der Waals surface area contributed by atoms with E-state index in [1.165, 1.54) is 0 Å². The smallest absolute Gasteiger partial charge is 0.308 e. The van der Waals surface area contributed by atoms with Crippen LogP contribution in [-0.2, 0) is 4.79 Å². The van der Waals surface area contributed by atoms with Gasteiger partial charge in [-0.05, 0) is 29.3 Å². The van der Waals surface area contributed by atoms with Crippen molar-refractivity contribution >= 4 is 33.6 Å². The Kier molecular flexibility index (Phi) is 4.51. The van der Waals surface area contributed by atoms with Crippen molar-refractivity contribution in [2.45, 2.75) is 19.8 Å². The normalized spacial score (nSPS) is 12.4. The Balaban J connectivity index is 1.83. The first-order chi connectivity index (χ1) is 11.6. The van der Waals surface area contributed by atoms with E-state index in [-0.39, 0.29) is 12.5 Å². The van der Waals surface area contributed by atoms with Crippen LogP contribution in [0.25, 0.3) is 21.7 Å². The zero-order valence-electron chi connectivity index (χ0n) is 13.5. The molecule has 3 rings (SSSR count). The third kappa shape index (κ3) is 3.11. The van der Waals surface area contributed by atoms with E-state index in [0.29, 0.717) is 12.1 Å². The molecule has 0 aliphatic rings. The van der Waals surface area contributed by atoms with Gasteiger partial charge < -0.3 is 15.4 Å². The predicted molar refractivity (Wildman–Crippen MR) is 94.2 cm³/mol. The maximum atomic E-state index is 12.3. The molecular weight excluding hydrogens is 304 g/mol. The number of carboxylic acid groups (broad SMARTS) is 1. The van der Waals surface area contributed by atoms with Crippen LogP contribution < -0.4 is 5.32 Å². The van der Waals surface area contributed by atoms with Crippen molar-refractivity contribution in [1.29, 1.82) is 0 Å². The first-order valence-electron chi connectivity index (χ1n) is 8.11. The maximum Gasteiger partial charge on any atom is 0.308 e. The van der Waals surface area contributed by atoms with Gasteiger partial charge in [0.05, 0.1) is 5.92 Å². The molecule has 1 amide bonds. The second kappa shape index (κ2) is 6.74. The molecule has 1 heterocycles. The van der Waals surface area contributed by atoms with Gasteiger partial charge in [0, 0.05) is 17.4 Å². The summed E-state index contributed by atoms with van der Waals surface area (Å²) in [5, 5.41) is 15.1. The number of hydrogen-bond donors (Lipinski definition) is 3. The van der Waals surface area contributed by atoms with Gasteiger partial charge in [0.1, 0.15) is 5.69 Å². The Bertz CT molecular complexity index is 898. The lowest BCUT2D eigenvalue weighted by Gasteiger charge is -2.11. The monoisotopic (exact) mass is 324 g/mol. The van der Waals surface area contributed by atoms with E-state index in [2.05, 4.69) is 10.3 Å². The van der Waals surface area contributed by atoms with Crippen LogP contribution in [-0.4, -0.2) is 28.5 Å². The summed E-state index contributed by atoms with van der Waals surface area (Å²) in [6.07, 6.45) is 1.32. The molecule has 0 aliphatic carbocycles. The summed E-state index contributed by atoms with van der Waals surface area (Å²) in [7, 11) is 0. The molecule has 24 heavy (non-hydrogen) atoms. The van der Waals surface area contributed by atoms with Crippen molar-refractivity contribution in [3.05, 3.63) is 48.2 Å². The number of nitrogens with one attached hydrogen (secondary N) is 2. The standard InChI is InChI=1S/C19H20N2O3/c1-2-5-13(19(23)24)11-20-18(22)17-10-15-14-7-4-3-6-12(14)8-9-16(15)21-17/h3-4,6-10,13,21H,2,5,11H2,1H3,(H,20,22)(H,23,24). The fourth-order valence-corrected chi connectivity index (χ4v) is 2.98. The summed E-state index contributed by atoms with van der Waals surface area (Å²) in [6, 6.07) is 13.8. The lowest BCUT2D eigenvalue weighted by atomic mass is 10.0. The maximum absolute atomic E-state index is 12.3. The van der Waals surface area contributed by atoms with Crippen molar-refractivity contribution in [2.24, 2.45) is 5.92 Å². The Morgan fingerprint density at radius 1 is 1.17 bits per heavy atom. The van der Waals surface area contributed by atoms with E-state index >= 15 is 0 Å². The molecule has 3 aromatic rings. The van der Waals surface area contributed by atoms with Crippen molar-refractivity contribution in [1.82, 2.24) is 10.3 Å². The average Bonchev–Trinajstić information content (AvgIpc) is 3.03. The first kappa shape index (κ1) is 16.1. The highest BCUT2D eigenvalue weighted by Gasteiger charge is 2.18. The summed E-state index contributed by atoms with van der Waals surface area (Å²) in [5.41, 5.74) is 1.34. The van der Waals surface area contributed by atoms with Crippen LogP contribution in [0.1, 0.15) is 30.3 Å². The topological polar surface area (TPSA) is 82.2 Å². The van der Waals surface area contributed by atoms with Crippen LogP contribution in [0.15, 0.2) is 42.5 Å². The van der Waals surface area contributed by atoms with E-state index in [1.807, 2.05) is 49.4 Å². The lowest BCUT2D eigenvalue weighted by molar-refractivity contribution is -0.141. The summed E-state index contributed by atoms with van der Waals surface area (Å²) in [5.74, 6) is -1.71. The fourth-order valence-electron chi connectivity index (χ4n) is 2.98. The number of benzene rings is 2. The van der Waals surface area contributed by atoms with Crippen LogP contribution in [0.2, 0.25) is 0 Å². The number of hydrogen-bond acceptors (Lipinski definition) is 2. The van der Waals surface area contributed by atoms with Gasteiger partial charge in [0.25, 0.3) is 5.91 Å². The molecular formula is C19H20N2O3. The highest BCUT2D eigenvalue weighted by molar-refractivity contribution is 6.09. The zero-order chi connectivity index (χ0) is 17.1. The summed E-state index contributed by atoms with van der Waals surface area (Å²) >= 11 is 0. The molecule has 3 N–H and O–H groups in total. The van der Waals surface area contributed by atoms with Gasteiger partial charge in [-0.1, -0.05) is 43.7 Å². The minimum absolute atomic E-state index is 0.137. The van der Waals surface area contributed by atoms with Gasteiger partial charge in [-0.15, -0.1) is 0 Å². The molecule has 0 spiro atoms. The van der Waals surface area contributed by atoms with Crippen molar-refractivity contribution in [3.8, 4) is 0 Å². The molecule has 0 saturated carbocycles. The number of rotatable bonds is 6. The Hall–Kier alpha value is -2.82. The van der Waals surface area contributed by atoms with Gasteiger partial charge in [0.15, 0.2) is 0 Å². The van der Waals surface area contributed by atoms with Crippen molar-refractivity contribution < 1.29 is 14.7 Å². The molecule has 0 radical (unpaired) electrons. The molecule has 0 bridgehead atoms. The van der Waals surface area contributed by atoms with Crippen LogP contribution in [0.4, 0.5) is 0 Å². The molecule has 0 saturated heterocycles. The highest BCUT2D eigenvalue weighted by Crippen LogP contribution is 2.25. The van der Waals surface area contributed by atoms with Crippen LogP contribution >= 0.6 is 0 Å². The molecule has 1 unspecified atom stereocenters. The number of carboxylic acids is 1. The van der Waals surface area contributed by atoms with Gasteiger partial charge >= 0.3 is 5.97 Å². The van der Waals surface area contributed by atoms with Crippen molar-refractivity contribution in [2.75, 3.05) is 6.54 Å². The van der Waals surface area contributed by atoms with Gasteiger partial charge in [-0.25, -0.2) is 0 Å². The van der Waals surface area contributed by atoms with Crippen LogP contribution in [0.3, 0.4) is 0 Å². The summed E-state index contributed by atoms with van der Waals surface area (Å²) in [4.78, 5) is 26.6. The lowest BCUT2D eigenvalue weighted by Crippen LogP contribution is -2.33. The summed E-state index contributed by atoms with van der Waals surface area (Å²) < 4.78 is 0. The molecule has 2 aromatic carbocycles. The largest absolute Gasteiger partial charge is 0.481 e. The minimum atomic E-state index is -0.875. The van der Waals surface area contributed by atoms with E-state index in [9.17, 15) is 9.59 Å². The second-order valence-corrected chi connectivity index (χ2v) is 5.96. The third-order valence-electron chi connectivity index (χ3n) is 4.27. The van der Waals surface area contributed by atoms with Gasteiger partial charge in [-0.2, -0.15) is 0 Å². The van der Waals surface area contributed by atoms with E-state index in [1.54, 1.807) is 0 Å². The first-order valence-corrected chi connectivity index (χ1v) is 8.11. The quantitative estimate of drug-likeness (QED) is 0.648. The number of aromatic nitrogens is 1. The highest BCUT2D eigenvalue weighted by atomic mass is 16.4. The molecule has 1 atom stereocenters. The molecule has 0 aliphatic heterocycles.